The number of nitrogens with one attached hydrogen (secondary N) is 2. The maximum Gasteiger partial charge on any atom is 0.449 e. The van der Waals surface area contributed by atoms with E-state index in [0.29, 0.717) is 5.52 Å². The molecule has 0 bridgehead atoms. The van der Waals surface area contributed by atoms with Crippen LogP contribution in [0.5, 0.6) is 0 Å². The first-order valence-electron chi connectivity index (χ1n) is 8.77. The molecule has 0 unspecified atom stereocenters. The molecule has 0 spiro atoms. The second-order valence-corrected chi connectivity index (χ2v) is 6.46. The summed E-state index contributed by atoms with van der Waals surface area (Å²) in [5, 5.41) is 3.65. The zero-order valence-electron chi connectivity index (χ0n) is 14.8. The lowest BCUT2D eigenvalue weighted by Crippen LogP contribution is -2.29. The van der Waals surface area contributed by atoms with E-state index in [1.165, 1.54) is 6.07 Å². The summed E-state index contributed by atoms with van der Waals surface area (Å²) < 4.78 is 41.0. The van der Waals surface area contributed by atoms with Gasteiger partial charge in [-0.3, -0.25) is 4.79 Å². The normalized spacial score (nSPS) is 12.0. The van der Waals surface area contributed by atoms with Gasteiger partial charge in [-0.05, 0) is 23.8 Å². The Bertz CT molecular complexity index is 1140. The number of rotatable bonds is 5. The predicted octanol–water partition coefficient (Wildman–Crippen LogP) is 3.90. The van der Waals surface area contributed by atoms with Crippen LogP contribution in [0.4, 0.5) is 13.2 Å². The lowest BCUT2D eigenvalue weighted by molar-refractivity contribution is -0.146. The van der Waals surface area contributed by atoms with Gasteiger partial charge in [-0.2, -0.15) is 13.2 Å². The molecule has 5 nitrogen and oxygen atoms in total. The fourth-order valence-electron chi connectivity index (χ4n) is 3.34. The van der Waals surface area contributed by atoms with Crippen LogP contribution in [-0.4, -0.2) is 27.0 Å². The largest absolute Gasteiger partial charge is 0.449 e. The van der Waals surface area contributed by atoms with Gasteiger partial charge >= 0.3 is 6.18 Å². The van der Waals surface area contributed by atoms with E-state index in [2.05, 4.69) is 15.3 Å². The molecule has 0 saturated heterocycles. The molecule has 2 heterocycles. The molecule has 4 rings (SSSR count). The van der Waals surface area contributed by atoms with Gasteiger partial charge in [0.15, 0.2) is 0 Å². The third-order valence-electron chi connectivity index (χ3n) is 4.59. The van der Waals surface area contributed by atoms with Gasteiger partial charge in [0.05, 0.1) is 17.5 Å². The molecule has 144 valence electrons. The third kappa shape index (κ3) is 3.45. The molecule has 1 amide bonds. The van der Waals surface area contributed by atoms with Crippen LogP contribution in [0.2, 0.25) is 0 Å². The van der Waals surface area contributed by atoms with Crippen molar-refractivity contribution in [2.24, 2.45) is 0 Å². The van der Waals surface area contributed by atoms with E-state index < -0.39 is 12.0 Å². The Labute approximate surface area is 158 Å². The number of halogens is 3. The summed E-state index contributed by atoms with van der Waals surface area (Å²) in [4.78, 5) is 19.1. The number of H-pyrrole nitrogens is 1. The second kappa shape index (κ2) is 7.03. The Morgan fingerprint density at radius 1 is 1.11 bits per heavy atom. The van der Waals surface area contributed by atoms with E-state index in [-0.39, 0.29) is 30.9 Å². The highest BCUT2D eigenvalue weighted by Gasteiger charge is 2.37. The highest BCUT2D eigenvalue weighted by atomic mass is 19.4. The molecule has 0 fully saturated rings. The van der Waals surface area contributed by atoms with Gasteiger partial charge in [0.1, 0.15) is 0 Å². The number of fused-ring (bicyclic) bond motifs is 2. The van der Waals surface area contributed by atoms with Crippen LogP contribution in [-0.2, 0) is 23.9 Å². The van der Waals surface area contributed by atoms with Crippen molar-refractivity contribution in [1.82, 2.24) is 19.9 Å². The lowest BCUT2D eigenvalue weighted by Gasteiger charge is -2.12. The summed E-state index contributed by atoms with van der Waals surface area (Å²) in [7, 11) is 0. The van der Waals surface area contributed by atoms with Gasteiger partial charge < -0.3 is 14.9 Å². The zero-order valence-corrected chi connectivity index (χ0v) is 14.8. The van der Waals surface area contributed by atoms with Gasteiger partial charge in [0, 0.05) is 30.2 Å². The zero-order chi connectivity index (χ0) is 19.7. The molecule has 28 heavy (non-hydrogen) atoms. The standard InChI is InChI=1S/C20H17F3N4O/c21-20(22,23)19-26-16-7-3-4-8-17(16)27(19)10-9-24-18(28)11-13-12-25-15-6-2-1-5-14(13)15/h1-8,12,25H,9-11H2,(H,24,28). The van der Waals surface area contributed by atoms with Crippen LogP contribution in [0.1, 0.15) is 11.4 Å². The number of carbonyl (C=O) groups is 1. The minimum absolute atomic E-state index is 0.0189. The number of carbonyl (C=O) groups excluding carboxylic acids is 1. The first-order valence-corrected chi connectivity index (χ1v) is 8.77. The molecule has 8 heteroatoms. The number of imidazole rings is 1. The SMILES string of the molecule is O=C(Cc1c[nH]c2ccccc12)NCCn1c(C(F)(F)F)nc2ccccc21. The van der Waals surface area contributed by atoms with E-state index in [9.17, 15) is 18.0 Å². The van der Waals surface area contributed by atoms with Crippen LogP contribution in [0.15, 0.2) is 54.7 Å². The third-order valence-corrected chi connectivity index (χ3v) is 4.59. The quantitative estimate of drug-likeness (QED) is 0.547. The summed E-state index contributed by atoms with van der Waals surface area (Å²) in [6.45, 7) is 0.0552. The summed E-state index contributed by atoms with van der Waals surface area (Å²) in [6, 6.07) is 14.1. The molecule has 4 aromatic rings. The smallest absolute Gasteiger partial charge is 0.361 e. The molecule has 0 radical (unpaired) electrons. The first-order chi connectivity index (χ1) is 13.4. The summed E-state index contributed by atoms with van der Waals surface area (Å²) in [5.41, 5.74) is 2.45. The van der Waals surface area contributed by atoms with Crippen molar-refractivity contribution >= 4 is 27.8 Å². The topological polar surface area (TPSA) is 62.7 Å². The fourth-order valence-corrected chi connectivity index (χ4v) is 3.34. The van der Waals surface area contributed by atoms with Crippen LogP contribution in [0.25, 0.3) is 21.9 Å². The van der Waals surface area contributed by atoms with Crippen LogP contribution >= 0.6 is 0 Å². The van der Waals surface area contributed by atoms with Crippen LogP contribution in [0.3, 0.4) is 0 Å². The molecule has 2 N–H and O–H groups in total. The first kappa shape index (κ1) is 18.1. The number of nitrogens with zero attached hydrogens (tertiary/aromatic N) is 2. The van der Waals surface area contributed by atoms with E-state index in [1.807, 2.05) is 24.3 Å². The number of hydrogen-bond donors (Lipinski definition) is 2. The highest BCUT2D eigenvalue weighted by Crippen LogP contribution is 2.31. The maximum atomic E-state index is 13.3. The summed E-state index contributed by atoms with van der Waals surface area (Å²) >= 11 is 0. The summed E-state index contributed by atoms with van der Waals surface area (Å²) in [6.07, 6.45) is -2.64. The number of alkyl halides is 3. The van der Waals surface area contributed by atoms with Crippen molar-refractivity contribution < 1.29 is 18.0 Å². The van der Waals surface area contributed by atoms with Crippen molar-refractivity contribution in [3.63, 3.8) is 0 Å². The Morgan fingerprint density at radius 3 is 2.68 bits per heavy atom. The molecule has 0 atom stereocenters. The number of benzene rings is 2. The highest BCUT2D eigenvalue weighted by molar-refractivity contribution is 5.88. The van der Waals surface area contributed by atoms with E-state index >= 15 is 0 Å². The number of hydrogen-bond acceptors (Lipinski definition) is 2. The molecule has 0 saturated carbocycles. The average molecular weight is 386 g/mol. The monoisotopic (exact) mass is 386 g/mol. The molecule has 0 aliphatic carbocycles. The van der Waals surface area contributed by atoms with Crippen molar-refractivity contribution in [3.8, 4) is 0 Å². The maximum absolute atomic E-state index is 13.3. The molecule has 0 aliphatic heterocycles. The average Bonchev–Trinajstić information content (AvgIpc) is 3.24. The van der Waals surface area contributed by atoms with Gasteiger partial charge in [-0.1, -0.05) is 30.3 Å². The van der Waals surface area contributed by atoms with E-state index in [4.69, 9.17) is 0 Å². The number of aromatic nitrogens is 3. The second-order valence-electron chi connectivity index (χ2n) is 6.46. The van der Waals surface area contributed by atoms with E-state index in [1.54, 1.807) is 24.4 Å². The minimum Gasteiger partial charge on any atom is -0.361 e. The van der Waals surface area contributed by atoms with Gasteiger partial charge in [0.2, 0.25) is 11.7 Å². The predicted molar refractivity (Wildman–Crippen MR) is 99.7 cm³/mol. The van der Waals surface area contributed by atoms with Crippen LogP contribution in [0, 0.1) is 0 Å². The van der Waals surface area contributed by atoms with Gasteiger partial charge in [-0.25, -0.2) is 4.98 Å². The Kier molecular flexibility index (Phi) is 4.54. The molecule has 2 aromatic heterocycles. The molecular formula is C20H17F3N4O. The Hall–Kier alpha value is -3.29. The minimum atomic E-state index is -4.56. The van der Waals surface area contributed by atoms with E-state index in [0.717, 1.165) is 21.0 Å². The lowest BCUT2D eigenvalue weighted by atomic mass is 10.1. The van der Waals surface area contributed by atoms with Crippen molar-refractivity contribution in [3.05, 3.63) is 66.1 Å². The van der Waals surface area contributed by atoms with Crippen molar-refractivity contribution in [2.45, 2.75) is 19.1 Å². The Morgan fingerprint density at radius 2 is 1.86 bits per heavy atom. The molecule has 2 aromatic carbocycles. The van der Waals surface area contributed by atoms with Crippen molar-refractivity contribution in [2.75, 3.05) is 6.54 Å². The summed E-state index contributed by atoms with van der Waals surface area (Å²) in [5.74, 6) is -1.21. The van der Waals surface area contributed by atoms with Gasteiger partial charge in [-0.15, -0.1) is 0 Å². The van der Waals surface area contributed by atoms with Crippen LogP contribution < -0.4 is 5.32 Å². The number of aromatic amines is 1. The molecular weight excluding hydrogens is 369 g/mol. The number of amides is 1. The number of para-hydroxylation sites is 3. The van der Waals surface area contributed by atoms with Crippen molar-refractivity contribution in [1.29, 1.82) is 0 Å². The molecule has 0 aliphatic rings. The Balaban J connectivity index is 1.46. The van der Waals surface area contributed by atoms with Gasteiger partial charge in [0.25, 0.3) is 0 Å². The fraction of sp³-hybridized carbons (Fsp3) is 0.200.